The zero-order valence-corrected chi connectivity index (χ0v) is 15.1. The van der Waals surface area contributed by atoms with E-state index in [0.29, 0.717) is 23.9 Å². The van der Waals surface area contributed by atoms with Gasteiger partial charge in [-0.3, -0.25) is 4.79 Å². The van der Waals surface area contributed by atoms with Crippen LogP contribution in [0.25, 0.3) is 22.2 Å². The first-order valence-electron chi connectivity index (χ1n) is 9.29. The molecule has 140 valence electrons. The van der Waals surface area contributed by atoms with Crippen molar-refractivity contribution in [2.45, 2.75) is 19.4 Å². The molecular formula is C21H23N3O3. The van der Waals surface area contributed by atoms with Crippen molar-refractivity contribution < 1.29 is 14.6 Å². The number of amides is 1. The minimum Gasteiger partial charge on any atom is -0.388 e. The van der Waals surface area contributed by atoms with Gasteiger partial charge in [0.1, 0.15) is 12.4 Å². The lowest BCUT2D eigenvalue weighted by Gasteiger charge is -2.09. The SMILES string of the molecule is O=C(NCC[C@H]1CCOC1)c1ccc(-c2ccc3nc(CO)[nH]c3c2)cc1. The summed E-state index contributed by atoms with van der Waals surface area (Å²) >= 11 is 0. The van der Waals surface area contributed by atoms with E-state index in [4.69, 9.17) is 4.74 Å². The molecule has 6 heteroatoms. The first kappa shape index (κ1) is 17.7. The molecule has 1 aliphatic rings. The number of benzene rings is 2. The molecular weight excluding hydrogens is 342 g/mol. The molecule has 1 saturated heterocycles. The lowest BCUT2D eigenvalue weighted by molar-refractivity contribution is 0.0950. The molecule has 27 heavy (non-hydrogen) atoms. The van der Waals surface area contributed by atoms with Crippen LogP contribution < -0.4 is 5.32 Å². The molecule has 1 atom stereocenters. The van der Waals surface area contributed by atoms with Crippen LogP contribution in [0.3, 0.4) is 0 Å². The van der Waals surface area contributed by atoms with Gasteiger partial charge in [-0.05, 0) is 54.2 Å². The third-order valence-corrected chi connectivity index (χ3v) is 5.02. The first-order valence-corrected chi connectivity index (χ1v) is 9.29. The Morgan fingerprint density at radius 1 is 1.22 bits per heavy atom. The summed E-state index contributed by atoms with van der Waals surface area (Å²) in [5, 5.41) is 12.2. The minimum atomic E-state index is -0.110. The highest BCUT2D eigenvalue weighted by Gasteiger charge is 2.15. The fourth-order valence-corrected chi connectivity index (χ4v) is 3.43. The number of fused-ring (bicyclic) bond motifs is 1. The van der Waals surface area contributed by atoms with Crippen molar-refractivity contribution in [1.82, 2.24) is 15.3 Å². The van der Waals surface area contributed by atoms with E-state index in [1.165, 1.54) is 0 Å². The molecule has 0 radical (unpaired) electrons. The summed E-state index contributed by atoms with van der Waals surface area (Å²) in [5.41, 5.74) is 4.42. The maximum Gasteiger partial charge on any atom is 0.251 e. The number of nitrogens with zero attached hydrogens (tertiary/aromatic N) is 1. The van der Waals surface area contributed by atoms with E-state index in [-0.39, 0.29) is 12.5 Å². The molecule has 6 nitrogen and oxygen atoms in total. The molecule has 0 bridgehead atoms. The highest BCUT2D eigenvalue weighted by Crippen LogP contribution is 2.24. The maximum atomic E-state index is 12.3. The zero-order valence-electron chi connectivity index (χ0n) is 15.1. The van der Waals surface area contributed by atoms with Crippen molar-refractivity contribution in [3.8, 4) is 11.1 Å². The smallest absolute Gasteiger partial charge is 0.251 e. The Kier molecular flexibility index (Phi) is 5.18. The van der Waals surface area contributed by atoms with Crippen molar-refractivity contribution in [3.63, 3.8) is 0 Å². The van der Waals surface area contributed by atoms with Crippen LogP contribution in [-0.4, -0.2) is 40.7 Å². The maximum absolute atomic E-state index is 12.3. The average molecular weight is 365 g/mol. The van der Waals surface area contributed by atoms with E-state index < -0.39 is 0 Å². The number of aliphatic hydroxyl groups excluding tert-OH is 1. The van der Waals surface area contributed by atoms with Crippen molar-refractivity contribution in [2.75, 3.05) is 19.8 Å². The van der Waals surface area contributed by atoms with Gasteiger partial charge in [-0.2, -0.15) is 0 Å². The number of imidazole rings is 1. The van der Waals surface area contributed by atoms with E-state index in [1.807, 2.05) is 42.5 Å². The van der Waals surface area contributed by atoms with Crippen LogP contribution in [0, 0.1) is 5.92 Å². The molecule has 2 heterocycles. The van der Waals surface area contributed by atoms with Gasteiger partial charge in [0, 0.05) is 25.3 Å². The van der Waals surface area contributed by atoms with Gasteiger partial charge >= 0.3 is 0 Å². The number of carbonyl (C=O) groups is 1. The van der Waals surface area contributed by atoms with Crippen LogP contribution in [0.1, 0.15) is 29.0 Å². The molecule has 0 aliphatic carbocycles. The molecule has 1 aliphatic heterocycles. The second-order valence-corrected chi connectivity index (χ2v) is 6.93. The monoisotopic (exact) mass is 365 g/mol. The average Bonchev–Trinajstić information content (AvgIpc) is 3.36. The van der Waals surface area contributed by atoms with Crippen molar-refractivity contribution in [3.05, 3.63) is 53.9 Å². The van der Waals surface area contributed by atoms with E-state index in [9.17, 15) is 9.90 Å². The van der Waals surface area contributed by atoms with Gasteiger partial charge in [-0.25, -0.2) is 4.98 Å². The summed E-state index contributed by atoms with van der Waals surface area (Å²) in [7, 11) is 0. The summed E-state index contributed by atoms with van der Waals surface area (Å²) in [4.78, 5) is 19.7. The van der Waals surface area contributed by atoms with Gasteiger partial charge in [0.25, 0.3) is 5.91 Å². The lowest BCUT2D eigenvalue weighted by Crippen LogP contribution is -2.26. The standard InChI is InChI=1S/C21H23N3O3/c25-12-20-23-18-6-5-17(11-19(18)24-20)15-1-3-16(4-2-15)21(26)22-9-7-14-8-10-27-13-14/h1-6,11,14,25H,7-10,12-13H2,(H,22,26)(H,23,24)/t14-/m0/s1. The largest absolute Gasteiger partial charge is 0.388 e. The number of H-pyrrole nitrogens is 1. The summed E-state index contributed by atoms with van der Waals surface area (Å²) in [6.07, 6.45) is 2.05. The van der Waals surface area contributed by atoms with Crippen LogP contribution in [0.15, 0.2) is 42.5 Å². The summed E-state index contributed by atoms with van der Waals surface area (Å²) < 4.78 is 5.36. The summed E-state index contributed by atoms with van der Waals surface area (Å²) in [6, 6.07) is 13.5. The van der Waals surface area contributed by atoms with Crippen molar-refractivity contribution >= 4 is 16.9 Å². The van der Waals surface area contributed by atoms with E-state index in [1.54, 1.807) is 0 Å². The van der Waals surface area contributed by atoms with Crippen LogP contribution in [-0.2, 0) is 11.3 Å². The first-order chi connectivity index (χ1) is 13.2. The molecule has 0 unspecified atom stereocenters. The molecule has 0 spiro atoms. The molecule has 0 saturated carbocycles. The summed E-state index contributed by atoms with van der Waals surface area (Å²) in [6.45, 7) is 2.22. The van der Waals surface area contributed by atoms with Gasteiger partial charge in [-0.15, -0.1) is 0 Å². The fourth-order valence-electron chi connectivity index (χ4n) is 3.43. The van der Waals surface area contributed by atoms with Crippen LogP contribution in [0.4, 0.5) is 0 Å². The summed E-state index contributed by atoms with van der Waals surface area (Å²) in [5.74, 6) is 1.08. The number of aromatic amines is 1. The van der Waals surface area contributed by atoms with Crippen molar-refractivity contribution in [2.24, 2.45) is 5.92 Å². The predicted molar refractivity (Wildman–Crippen MR) is 103 cm³/mol. The number of rotatable bonds is 6. The molecule has 3 N–H and O–H groups in total. The second-order valence-electron chi connectivity index (χ2n) is 6.93. The number of nitrogens with one attached hydrogen (secondary N) is 2. The quantitative estimate of drug-likeness (QED) is 0.627. The molecule has 2 aromatic carbocycles. The number of aliphatic hydroxyl groups is 1. The number of hydrogen-bond acceptors (Lipinski definition) is 4. The Bertz CT molecular complexity index is 927. The van der Waals surface area contributed by atoms with Crippen LogP contribution in [0.2, 0.25) is 0 Å². The van der Waals surface area contributed by atoms with Gasteiger partial charge in [-0.1, -0.05) is 18.2 Å². The Morgan fingerprint density at radius 2 is 2.04 bits per heavy atom. The Labute approximate surface area is 157 Å². The number of aromatic nitrogens is 2. The van der Waals surface area contributed by atoms with Gasteiger partial charge < -0.3 is 20.1 Å². The van der Waals surface area contributed by atoms with Crippen LogP contribution in [0.5, 0.6) is 0 Å². The highest BCUT2D eigenvalue weighted by molar-refractivity contribution is 5.94. The van der Waals surface area contributed by atoms with E-state index >= 15 is 0 Å². The zero-order chi connectivity index (χ0) is 18.6. The van der Waals surface area contributed by atoms with E-state index in [0.717, 1.165) is 48.2 Å². The second kappa shape index (κ2) is 7.90. The number of hydrogen-bond donors (Lipinski definition) is 3. The molecule has 1 fully saturated rings. The minimum absolute atomic E-state index is 0.0444. The highest BCUT2D eigenvalue weighted by atomic mass is 16.5. The lowest BCUT2D eigenvalue weighted by atomic mass is 10.0. The number of carbonyl (C=O) groups excluding carboxylic acids is 1. The van der Waals surface area contributed by atoms with E-state index in [2.05, 4.69) is 15.3 Å². The Morgan fingerprint density at radius 3 is 2.78 bits per heavy atom. The molecule has 1 aromatic heterocycles. The van der Waals surface area contributed by atoms with Gasteiger partial charge in [0.15, 0.2) is 0 Å². The number of ether oxygens (including phenoxy) is 1. The van der Waals surface area contributed by atoms with Gasteiger partial charge in [0.05, 0.1) is 11.0 Å². The Balaban J connectivity index is 1.41. The van der Waals surface area contributed by atoms with Crippen LogP contribution >= 0.6 is 0 Å². The fraction of sp³-hybridized carbons (Fsp3) is 0.333. The normalized spacial score (nSPS) is 16.7. The molecule has 3 aromatic rings. The third kappa shape index (κ3) is 4.02. The van der Waals surface area contributed by atoms with Gasteiger partial charge in [0.2, 0.25) is 0 Å². The third-order valence-electron chi connectivity index (χ3n) is 5.02. The molecule has 1 amide bonds. The Hall–Kier alpha value is -2.70. The van der Waals surface area contributed by atoms with Crippen molar-refractivity contribution in [1.29, 1.82) is 0 Å². The predicted octanol–water partition coefficient (Wildman–Crippen LogP) is 2.88. The molecule has 4 rings (SSSR count). The topological polar surface area (TPSA) is 87.2 Å².